The van der Waals surface area contributed by atoms with Crippen molar-refractivity contribution in [3.8, 4) is 0 Å². The molecule has 2 fully saturated rings. The number of carbonyl (C=O) groups is 2. The molecule has 2 amide bonds. The van der Waals surface area contributed by atoms with Crippen LogP contribution in [-0.4, -0.2) is 67.1 Å². The van der Waals surface area contributed by atoms with Crippen LogP contribution in [0.2, 0.25) is 5.02 Å². The van der Waals surface area contributed by atoms with Crippen LogP contribution < -0.4 is 10.6 Å². The third-order valence-electron chi connectivity index (χ3n) is 8.37. The Hall–Kier alpha value is -2.03. The first kappa shape index (κ1) is 29.5. The first-order valence-electron chi connectivity index (χ1n) is 13.7. The topological polar surface area (TPSA) is 111 Å². The number of nitrogens with zero attached hydrogens (tertiary/aromatic N) is 1. The van der Waals surface area contributed by atoms with Crippen molar-refractivity contribution in [3.63, 3.8) is 0 Å². The maximum atomic E-state index is 12.5. The molecule has 0 bridgehead atoms. The zero-order valence-electron chi connectivity index (χ0n) is 22.3. The summed E-state index contributed by atoms with van der Waals surface area (Å²) in [5.41, 5.74) is -0.610. The van der Waals surface area contributed by atoms with Crippen molar-refractivity contribution < 1.29 is 24.5 Å². The summed E-state index contributed by atoms with van der Waals surface area (Å²) in [4.78, 5) is 25.7. The fourth-order valence-electron chi connectivity index (χ4n) is 6.72. The number of halogens is 1. The standard InChI is InChI=1S/C28H44ClN3O5/c1-30-19-21(17-20-9-4-3-5-10-20)25-24(13-7-16-32(25)27(34)35)28(36,14-8-15-31-26(33)37-2)22-11-6-12-23(29)18-22/h6,11-12,18,20-21,24-25,30,36H,3-5,7-10,13-17,19H2,1-2H3,(H,31,33)(H,34,35)/t21?,24-,25+,28+/m0/s1. The summed E-state index contributed by atoms with van der Waals surface area (Å²) >= 11 is 6.37. The first-order chi connectivity index (χ1) is 17.8. The first-order valence-corrected chi connectivity index (χ1v) is 14.1. The van der Waals surface area contributed by atoms with Gasteiger partial charge in [0.05, 0.1) is 12.7 Å². The maximum Gasteiger partial charge on any atom is 0.407 e. The lowest BCUT2D eigenvalue weighted by Gasteiger charge is -2.51. The van der Waals surface area contributed by atoms with Gasteiger partial charge < -0.3 is 30.5 Å². The number of alkyl carbamates (subject to hydrolysis) is 1. The smallest absolute Gasteiger partial charge is 0.407 e. The summed E-state index contributed by atoms with van der Waals surface area (Å²) in [6.07, 6.45) is 7.87. The molecule has 1 aromatic rings. The number of rotatable bonds is 11. The molecule has 1 saturated carbocycles. The predicted molar refractivity (Wildman–Crippen MR) is 145 cm³/mol. The number of carbonyl (C=O) groups excluding carboxylic acids is 1. The Labute approximate surface area is 226 Å². The second-order valence-corrected chi connectivity index (χ2v) is 11.2. The van der Waals surface area contributed by atoms with Gasteiger partial charge in [-0.25, -0.2) is 9.59 Å². The molecule has 1 unspecified atom stereocenters. The maximum absolute atomic E-state index is 12.5. The largest absolute Gasteiger partial charge is 0.465 e. The number of ether oxygens (including phenoxy) is 1. The molecule has 0 spiro atoms. The van der Waals surface area contributed by atoms with E-state index in [1.54, 1.807) is 17.0 Å². The molecule has 208 valence electrons. The second-order valence-electron chi connectivity index (χ2n) is 10.7. The number of benzene rings is 1. The Morgan fingerprint density at radius 3 is 2.62 bits per heavy atom. The molecular formula is C28H44ClN3O5. The van der Waals surface area contributed by atoms with Gasteiger partial charge in [0, 0.05) is 30.1 Å². The van der Waals surface area contributed by atoms with Crippen molar-refractivity contribution in [2.24, 2.45) is 17.8 Å². The third-order valence-corrected chi connectivity index (χ3v) is 8.60. The molecule has 4 N–H and O–H groups in total. The van der Waals surface area contributed by atoms with Gasteiger partial charge in [0.25, 0.3) is 0 Å². The lowest BCUT2D eigenvalue weighted by molar-refractivity contribution is -0.0968. The van der Waals surface area contributed by atoms with Crippen LogP contribution in [-0.2, 0) is 10.3 Å². The highest BCUT2D eigenvalue weighted by molar-refractivity contribution is 6.30. The number of carboxylic acid groups (broad SMARTS) is 1. The number of nitrogens with one attached hydrogen (secondary N) is 2. The minimum absolute atomic E-state index is 0.0772. The molecular weight excluding hydrogens is 494 g/mol. The van der Waals surface area contributed by atoms with Crippen LogP contribution in [0.5, 0.6) is 0 Å². The minimum Gasteiger partial charge on any atom is -0.465 e. The van der Waals surface area contributed by atoms with Crippen molar-refractivity contribution >= 4 is 23.8 Å². The van der Waals surface area contributed by atoms with Crippen LogP contribution in [0.4, 0.5) is 9.59 Å². The quantitative estimate of drug-likeness (QED) is 0.288. The molecule has 2 aliphatic rings. The molecule has 1 aliphatic carbocycles. The molecule has 0 radical (unpaired) electrons. The van der Waals surface area contributed by atoms with Crippen molar-refractivity contribution in [2.45, 2.75) is 75.9 Å². The van der Waals surface area contributed by atoms with Gasteiger partial charge in [-0.1, -0.05) is 55.8 Å². The number of piperidine rings is 1. The summed E-state index contributed by atoms with van der Waals surface area (Å²) in [6, 6.07) is 6.94. The number of hydrogen-bond acceptors (Lipinski definition) is 5. The summed E-state index contributed by atoms with van der Waals surface area (Å²) in [6.45, 7) is 1.51. The Bertz CT molecular complexity index is 881. The van der Waals surface area contributed by atoms with Gasteiger partial charge in [-0.3, -0.25) is 0 Å². The highest BCUT2D eigenvalue weighted by Crippen LogP contribution is 2.46. The van der Waals surface area contributed by atoms with Crippen LogP contribution in [0.15, 0.2) is 24.3 Å². The van der Waals surface area contributed by atoms with Gasteiger partial charge in [-0.05, 0) is 75.2 Å². The van der Waals surface area contributed by atoms with Crippen molar-refractivity contribution in [1.82, 2.24) is 15.5 Å². The van der Waals surface area contributed by atoms with Crippen LogP contribution >= 0.6 is 11.6 Å². The molecule has 1 heterocycles. The predicted octanol–water partition coefficient (Wildman–Crippen LogP) is 5.23. The molecule has 37 heavy (non-hydrogen) atoms. The van der Waals surface area contributed by atoms with Gasteiger partial charge >= 0.3 is 12.2 Å². The van der Waals surface area contributed by atoms with E-state index in [0.717, 1.165) is 6.42 Å². The van der Waals surface area contributed by atoms with Gasteiger partial charge in [0.1, 0.15) is 0 Å². The van der Waals surface area contributed by atoms with Crippen LogP contribution in [0.1, 0.15) is 69.8 Å². The fraction of sp³-hybridized carbons (Fsp3) is 0.714. The van der Waals surface area contributed by atoms with E-state index < -0.39 is 17.8 Å². The van der Waals surface area contributed by atoms with Gasteiger partial charge in [-0.2, -0.15) is 0 Å². The van der Waals surface area contributed by atoms with E-state index in [-0.39, 0.29) is 17.9 Å². The molecule has 8 nitrogen and oxygen atoms in total. The molecule has 1 aliphatic heterocycles. The van der Waals surface area contributed by atoms with E-state index in [1.165, 1.54) is 39.2 Å². The van der Waals surface area contributed by atoms with Crippen LogP contribution in [0.25, 0.3) is 0 Å². The Kier molecular flexibility index (Phi) is 11.3. The average molecular weight is 538 g/mol. The summed E-state index contributed by atoms with van der Waals surface area (Å²) in [5.74, 6) is 0.345. The van der Waals surface area contributed by atoms with E-state index in [1.807, 2.05) is 19.2 Å². The van der Waals surface area contributed by atoms with E-state index in [0.29, 0.717) is 61.8 Å². The number of hydrogen-bond donors (Lipinski definition) is 4. The molecule has 0 aromatic heterocycles. The average Bonchev–Trinajstić information content (AvgIpc) is 2.90. The molecule has 3 rings (SSSR count). The zero-order valence-corrected chi connectivity index (χ0v) is 23.0. The van der Waals surface area contributed by atoms with E-state index >= 15 is 0 Å². The highest BCUT2D eigenvalue weighted by Gasteiger charge is 2.50. The second kappa shape index (κ2) is 14.2. The van der Waals surface area contributed by atoms with Crippen LogP contribution in [0.3, 0.4) is 0 Å². The van der Waals surface area contributed by atoms with Gasteiger partial charge in [0.15, 0.2) is 0 Å². The number of amides is 2. The molecule has 1 saturated heterocycles. The number of methoxy groups -OCH3 is 1. The highest BCUT2D eigenvalue weighted by atomic mass is 35.5. The van der Waals surface area contributed by atoms with Gasteiger partial charge in [0.2, 0.25) is 0 Å². The van der Waals surface area contributed by atoms with Crippen molar-refractivity contribution in [1.29, 1.82) is 0 Å². The van der Waals surface area contributed by atoms with Gasteiger partial charge in [-0.15, -0.1) is 0 Å². The zero-order chi connectivity index (χ0) is 26.8. The third kappa shape index (κ3) is 7.74. The Morgan fingerprint density at radius 1 is 1.22 bits per heavy atom. The normalized spacial score (nSPS) is 23.2. The molecule has 4 atom stereocenters. The van der Waals surface area contributed by atoms with E-state index in [2.05, 4.69) is 15.4 Å². The number of aliphatic hydroxyl groups is 1. The van der Waals surface area contributed by atoms with E-state index in [4.69, 9.17) is 11.6 Å². The molecule has 1 aromatic carbocycles. The lowest BCUT2D eigenvalue weighted by Crippen LogP contribution is -2.59. The Balaban J connectivity index is 1.98. The van der Waals surface area contributed by atoms with Crippen molar-refractivity contribution in [3.05, 3.63) is 34.9 Å². The lowest BCUT2D eigenvalue weighted by atomic mass is 9.65. The SMILES string of the molecule is CNCC(CC1CCCCC1)[C@@H]1[C@@H]([C@@](O)(CCCNC(=O)OC)c2cccc(Cl)c2)CCCN1C(=O)O. The number of likely N-dealkylation sites (tertiary alicyclic amines) is 1. The van der Waals surface area contributed by atoms with Crippen molar-refractivity contribution in [2.75, 3.05) is 33.8 Å². The van der Waals surface area contributed by atoms with E-state index in [9.17, 15) is 19.8 Å². The minimum atomic E-state index is -1.31. The fourth-order valence-corrected chi connectivity index (χ4v) is 6.92. The molecule has 9 heteroatoms. The summed E-state index contributed by atoms with van der Waals surface area (Å²) in [5, 5.41) is 29.3. The summed E-state index contributed by atoms with van der Waals surface area (Å²) < 4.78 is 4.68. The Morgan fingerprint density at radius 2 is 1.97 bits per heavy atom. The monoisotopic (exact) mass is 537 g/mol. The van der Waals surface area contributed by atoms with Crippen LogP contribution in [0, 0.1) is 17.8 Å². The summed E-state index contributed by atoms with van der Waals surface area (Å²) in [7, 11) is 3.23.